The topological polar surface area (TPSA) is 68.2 Å². The fourth-order valence-corrected chi connectivity index (χ4v) is 3.96. The van der Waals surface area contributed by atoms with E-state index in [0.717, 1.165) is 45.3 Å². The van der Waals surface area contributed by atoms with Crippen molar-refractivity contribution in [2.24, 2.45) is 0 Å². The van der Waals surface area contributed by atoms with Crippen molar-refractivity contribution in [3.05, 3.63) is 46.5 Å². The van der Waals surface area contributed by atoms with Gasteiger partial charge >= 0.3 is 0 Å². The Kier molecular flexibility index (Phi) is 4.59. The fourth-order valence-electron chi connectivity index (χ4n) is 3.96. The van der Waals surface area contributed by atoms with Crippen LogP contribution in [-0.2, 0) is 12.8 Å². The van der Waals surface area contributed by atoms with Crippen LogP contribution in [0.2, 0.25) is 0 Å². The summed E-state index contributed by atoms with van der Waals surface area (Å²) < 4.78 is 18.5. The minimum absolute atomic E-state index is 0.312. The molecule has 0 aromatic heterocycles. The van der Waals surface area contributed by atoms with Crippen molar-refractivity contribution in [3.8, 4) is 23.0 Å². The number of rotatable bonds is 4. The van der Waals surface area contributed by atoms with Crippen molar-refractivity contribution in [2.45, 2.75) is 77.8 Å². The smallest absolute Gasteiger partial charge is 0.134 e. The van der Waals surface area contributed by atoms with Crippen LogP contribution in [0, 0.1) is 13.8 Å². The van der Waals surface area contributed by atoms with Crippen molar-refractivity contribution < 1.29 is 24.4 Å². The summed E-state index contributed by atoms with van der Waals surface area (Å²) in [5.74, 6) is 3.02. The highest BCUT2D eigenvalue weighted by Gasteiger charge is 2.38. The van der Waals surface area contributed by atoms with Gasteiger partial charge in [0.05, 0.1) is 11.2 Å². The molecular weight excluding hydrogens is 368 g/mol. The molecule has 0 saturated heterocycles. The quantitative estimate of drug-likeness (QED) is 0.806. The van der Waals surface area contributed by atoms with Gasteiger partial charge in [-0.25, -0.2) is 0 Å². The van der Waals surface area contributed by atoms with Crippen LogP contribution in [0.1, 0.15) is 49.9 Å². The van der Waals surface area contributed by atoms with Gasteiger partial charge in [-0.15, -0.1) is 0 Å². The first-order valence-corrected chi connectivity index (χ1v) is 10.1. The number of aliphatic hydroxyl groups is 2. The van der Waals surface area contributed by atoms with Crippen LogP contribution in [0.3, 0.4) is 0 Å². The third kappa shape index (κ3) is 3.81. The first kappa shape index (κ1) is 20.0. The van der Waals surface area contributed by atoms with Gasteiger partial charge in [0.1, 0.15) is 35.2 Å². The highest BCUT2D eigenvalue weighted by Crippen LogP contribution is 2.45. The van der Waals surface area contributed by atoms with E-state index in [0.29, 0.717) is 12.8 Å². The van der Waals surface area contributed by atoms with E-state index in [1.54, 1.807) is 27.7 Å². The minimum atomic E-state index is -0.942. The number of fused-ring (bicyclic) bond motifs is 2. The van der Waals surface area contributed by atoms with Crippen molar-refractivity contribution in [1.29, 1.82) is 0 Å². The summed E-state index contributed by atoms with van der Waals surface area (Å²) in [5.41, 5.74) is 2.12. The second kappa shape index (κ2) is 6.64. The van der Waals surface area contributed by atoms with Gasteiger partial charge in [-0.2, -0.15) is 0 Å². The molecule has 2 aromatic carbocycles. The zero-order chi connectivity index (χ0) is 21.1. The molecule has 0 saturated carbocycles. The summed E-state index contributed by atoms with van der Waals surface area (Å²) >= 11 is 0. The lowest BCUT2D eigenvalue weighted by Gasteiger charge is -2.24. The minimum Gasteiger partial charge on any atom is -0.487 e. The molecule has 0 radical (unpaired) electrons. The van der Waals surface area contributed by atoms with Gasteiger partial charge in [0.25, 0.3) is 0 Å². The third-order valence-electron chi connectivity index (χ3n) is 5.74. The molecule has 29 heavy (non-hydrogen) atoms. The molecule has 156 valence electrons. The van der Waals surface area contributed by atoms with Crippen molar-refractivity contribution in [2.75, 3.05) is 0 Å². The average molecular weight is 398 g/mol. The Morgan fingerprint density at radius 3 is 1.48 bits per heavy atom. The van der Waals surface area contributed by atoms with Crippen molar-refractivity contribution >= 4 is 0 Å². The summed E-state index contributed by atoms with van der Waals surface area (Å²) in [5, 5.41) is 20.8. The summed E-state index contributed by atoms with van der Waals surface area (Å²) in [6, 6.07) is 7.99. The Balaban J connectivity index is 1.70. The van der Waals surface area contributed by atoms with Crippen LogP contribution in [0.15, 0.2) is 24.3 Å². The molecular formula is C24H30O5. The first-order chi connectivity index (χ1) is 13.4. The highest BCUT2D eigenvalue weighted by atomic mass is 16.5. The zero-order valence-electron chi connectivity index (χ0n) is 18.0. The Hall–Kier alpha value is -2.24. The normalized spacial score (nSPS) is 20.7. The molecule has 0 fully saturated rings. The number of benzene rings is 2. The maximum Gasteiger partial charge on any atom is 0.134 e. The molecule has 2 atom stereocenters. The molecule has 0 amide bonds. The molecule has 4 rings (SSSR count). The van der Waals surface area contributed by atoms with E-state index < -0.39 is 11.2 Å². The summed E-state index contributed by atoms with van der Waals surface area (Å²) in [4.78, 5) is 0. The van der Waals surface area contributed by atoms with E-state index in [2.05, 4.69) is 0 Å². The van der Waals surface area contributed by atoms with Crippen LogP contribution < -0.4 is 14.2 Å². The Labute approximate surface area is 172 Å². The van der Waals surface area contributed by atoms with Gasteiger partial charge in [-0.1, -0.05) is 0 Å². The molecule has 2 aliphatic rings. The lowest BCUT2D eigenvalue weighted by Crippen LogP contribution is -2.39. The predicted octanol–water partition coefficient (Wildman–Crippen LogP) is 4.24. The Morgan fingerprint density at radius 2 is 1.14 bits per heavy atom. The van der Waals surface area contributed by atoms with Crippen LogP contribution in [0.5, 0.6) is 23.0 Å². The second-order valence-corrected chi connectivity index (χ2v) is 9.51. The van der Waals surface area contributed by atoms with E-state index in [-0.39, 0.29) is 12.2 Å². The number of aryl methyl sites for hydroxylation is 2. The van der Waals surface area contributed by atoms with E-state index >= 15 is 0 Å². The number of ether oxygens (including phenoxy) is 3. The summed E-state index contributed by atoms with van der Waals surface area (Å²) in [6.45, 7) is 11.1. The number of hydrogen-bond acceptors (Lipinski definition) is 5. The lowest BCUT2D eigenvalue weighted by atomic mass is 9.96. The summed E-state index contributed by atoms with van der Waals surface area (Å²) in [6.07, 6.45) is 0.553. The molecule has 2 aliphatic heterocycles. The number of hydrogen-bond donors (Lipinski definition) is 2. The van der Waals surface area contributed by atoms with Crippen LogP contribution in [0.4, 0.5) is 0 Å². The standard InChI is InChI=1S/C24H30O5/c1-13-7-17(15-11-21(23(3,4)25)28-19(15)9-13)27-18-8-14(2)10-20-16(18)12-22(29-20)24(5,6)26/h7-10,21-22,25-26H,11-12H2,1-6H3/t21-,22-/m1/s1. The monoisotopic (exact) mass is 398 g/mol. The fraction of sp³-hybridized carbons (Fsp3) is 0.500. The van der Waals surface area contributed by atoms with Crippen molar-refractivity contribution in [1.82, 2.24) is 0 Å². The maximum absolute atomic E-state index is 10.4. The van der Waals surface area contributed by atoms with E-state index in [1.807, 2.05) is 38.1 Å². The zero-order valence-corrected chi connectivity index (χ0v) is 18.0. The lowest BCUT2D eigenvalue weighted by molar-refractivity contribution is -0.0231. The van der Waals surface area contributed by atoms with Gasteiger partial charge in [0.2, 0.25) is 0 Å². The summed E-state index contributed by atoms with van der Waals surface area (Å²) in [7, 11) is 0. The molecule has 2 aromatic rings. The SMILES string of the molecule is Cc1cc(Oc2cc(C)cc3c2C[C@H](C(C)(C)O)O3)c2c(c1)O[C@@H](C(C)(C)O)C2. The third-order valence-corrected chi connectivity index (χ3v) is 5.74. The molecule has 0 bridgehead atoms. The van der Waals surface area contributed by atoms with Gasteiger partial charge in [0.15, 0.2) is 0 Å². The predicted molar refractivity (Wildman–Crippen MR) is 111 cm³/mol. The highest BCUT2D eigenvalue weighted by molar-refractivity contribution is 5.56. The van der Waals surface area contributed by atoms with E-state index in [1.165, 1.54) is 0 Å². The van der Waals surface area contributed by atoms with Crippen LogP contribution in [0.25, 0.3) is 0 Å². The Bertz CT molecular complexity index is 872. The van der Waals surface area contributed by atoms with E-state index in [9.17, 15) is 10.2 Å². The largest absolute Gasteiger partial charge is 0.487 e. The molecule has 5 heteroatoms. The van der Waals surface area contributed by atoms with Crippen LogP contribution in [-0.4, -0.2) is 33.6 Å². The molecule has 2 N–H and O–H groups in total. The van der Waals surface area contributed by atoms with Gasteiger partial charge < -0.3 is 24.4 Å². The van der Waals surface area contributed by atoms with Gasteiger partial charge in [-0.3, -0.25) is 0 Å². The average Bonchev–Trinajstić information content (AvgIpc) is 3.17. The molecule has 2 heterocycles. The first-order valence-electron chi connectivity index (χ1n) is 10.1. The molecule has 0 spiro atoms. The molecule has 5 nitrogen and oxygen atoms in total. The van der Waals surface area contributed by atoms with Gasteiger partial charge in [-0.05, 0) is 76.9 Å². The van der Waals surface area contributed by atoms with Gasteiger partial charge in [0, 0.05) is 24.0 Å². The second-order valence-electron chi connectivity index (χ2n) is 9.51. The molecule has 0 aliphatic carbocycles. The van der Waals surface area contributed by atoms with E-state index in [4.69, 9.17) is 14.2 Å². The molecule has 0 unspecified atom stereocenters. The Morgan fingerprint density at radius 1 is 0.759 bits per heavy atom. The van der Waals surface area contributed by atoms with Crippen LogP contribution >= 0.6 is 0 Å². The van der Waals surface area contributed by atoms with Crippen molar-refractivity contribution in [3.63, 3.8) is 0 Å². The maximum atomic E-state index is 10.4.